The number of unbranched alkanes of at least 4 members (excludes halogenated alkanes) is 16. The average molecular weight is 674 g/mol. The van der Waals surface area contributed by atoms with E-state index in [1.54, 1.807) is 0 Å². The summed E-state index contributed by atoms with van der Waals surface area (Å²) in [7, 11) is 0.767. The lowest BCUT2D eigenvalue weighted by atomic mass is 10.1. The molecule has 0 heterocycles. The van der Waals surface area contributed by atoms with Crippen molar-refractivity contribution in [2.75, 3.05) is 89.8 Å². The minimum atomic E-state index is -3.35. The number of nitrogens with zero attached hydrogens (tertiary/aromatic N) is 1. The number of aliphatic hydroxyl groups excluding tert-OH is 3. The molecule has 4 N–H and O–H groups in total. The van der Waals surface area contributed by atoms with Crippen molar-refractivity contribution < 1.29 is 33.4 Å². The van der Waals surface area contributed by atoms with Crippen LogP contribution in [0.25, 0.3) is 0 Å². The van der Waals surface area contributed by atoms with Gasteiger partial charge in [-0.1, -0.05) is 89.9 Å². The predicted molar refractivity (Wildman–Crippen MR) is 188 cm³/mol. The summed E-state index contributed by atoms with van der Waals surface area (Å²) < 4.78 is 25.8. The average Bonchev–Trinajstić information content (AvgIpc) is 2.97. The number of hydrogen-bond donors (Lipinski definition) is 4. The summed E-state index contributed by atoms with van der Waals surface area (Å²) in [5, 5.41) is 30.0. The van der Waals surface area contributed by atoms with Gasteiger partial charge in [0.15, 0.2) is 0 Å². The van der Waals surface area contributed by atoms with E-state index in [1.807, 2.05) is 23.5 Å². The fraction of sp³-hybridized carbons (Fsp3) is 1.00. The van der Waals surface area contributed by atoms with Crippen LogP contribution in [0.1, 0.15) is 116 Å². The molecule has 0 rings (SSSR count). The number of rotatable bonds is 36. The molecule has 0 aliphatic carbocycles. The molecule has 0 atom stereocenters. The lowest BCUT2D eigenvalue weighted by Gasteiger charge is -2.29. The zero-order valence-corrected chi connectivity index (χ0v) is 30.5. The highest BCUT2D eigenvalue weighted by Crippen LogP contribution is 2.44. The monoisotopic (exact) mass is 673 g/mol. The van der Waals surface area contributed by atoms with Crippen molar-refractivity contribution in [3.63, 3.8) is 0 Å². The first-order valence-corrected chi connectivity index (χ1v) is 21.2. The van der Waals surface area contributed by atoms with Crippen LogP contribution in [0.3, 0.4) is 0 Å². The summed E-state index contributed by atoms with van der Waals surface area (Å²) in [6.07, 6.45) is 21.7. The van der Waals surface area contributed by atoms with Crippen molar-refractivity contribution in [1.82, 2.24) is 5.09 Å². The summed E-state index contributed by atoms with van der Waals surface area (Å²) in [4.78, 5) is 0. The van der Waals surface area contributed by atoms with Gasteiger partial charge in [0.05, 0.1) is 60.2 Å². The standard InChI is InChI=1S/C32H70N2O6PS2/c1-34(2,23-24-35)22-21-33-41(38,39-27-17-13-9-5-3-7-11-15-19-29-42-31-25-36)40-28-18-14-10-6-4-8-12-16-20-30-43-32-26-37/h35-37H,3-32H2,1-2H3,(H,33,38)/q+1. The highest BCUT2D eigenvalue weighted by Gasteiger charge is 2.25. The Balaban J connectivity index is 4.06. The van der Waals surface area contributed by atoms with Crippen LogP contribution >= 0.6 is 31.3 Å². The molecule has 0 fully saturated rings. The van der Waals surface area contributed by atoms with Crippen molar-refractivity contribution >= 4 is 31.3 Å². The van der Waals surface area contributed by atoms with Gasteiger partial charge in [-0.15, -0.1) is 0 Å². The number of hydrogen-bond acceptors (Lipinski definition) is 8. The number of quaternary nitrogens is 1. The molecule has 0 unspecified atom stereocenters. The van der Waals surface area contributed by atoms with E-state index in [0.717, 1.165) is 55.2 Å². The Kier molecular flexibility index (Phi) is 33.1. The molecule has 0 aromatic rings. The summed E-state index contributed by atoms with van der Waals surface area (Å²) in [6, 6.07) is 0. The van der Waals surface area contributed by atoms with E-state index in [9.17, 15) is 9.67 Å². The van der Waals surface area contributed by atoms with Crippen LogP contribution in [0.15, 0.2) is 0 Å². The first kappa shape index (κ1) is 43.6. The van der Waals surface area contributed by atoms with Crippen molar-refractivity contribution in [1.29, 1.82) is 0 Å². The van der Waals surface area contributed by atoms with Crippen molar-refractivity contribution in [2.45, 2.75) is 116 Å². The van der Waals surface area contributed by atoms with Crippen molar-refractivity contribution in [3.05, 3.63) is 0 Å². The fourth-order valence-electron chi connectivity index (χ4n) is 4.79. The van der Waals surface area contributed by atoms with Gasteiger partial charge in [-0.05, 0) is 37.2 Å². The summed E-state index contributed by atoms with van der Waals surface area (Å²) in [5.41, 5.74) is 0. The largest absolute Gasteiger partial charge is 0.405 e. The zero-order valence-electron chi connectivity index (χ0n) is 28.0. The Morgan fingerprint density at radius 3 is 1.28 bits per heavy atom. The van der Waals surface area contributed by atoms with Crippen LogP contribution < -0.4 is 5.09 Å². The molecule has 43 heavy (non-hydrogen) atoms. The molecule has 0 aromatic heterocycles. The molecular formula is C32H70N2O6PS2+. The molecule has 260 valence electrons. The second kappa shape index (κ2) is 32.6. The van der Waals surface area contributed by atoms with Crippen LogP contribution in [0.2, 0.25) is 0 Å². The SMILES string of the molecule is C[N+](C)(CCO)CCNP(=O)(OCCCCCCCCCCCSCCO)OCCCCCCCCCCCSCCO. The molecule has 0 amide bonds. The maximum Gasteiger partial charge on any atom is 0.405 e. The third kappa shape index (κ3) is 32.4. The van der Waals surface area contributed by atoms with Gasteiger partial charge in [-0.25, -0.2) is 9.65 Å². The second-order valence-corrected chi connectivity index (χ2v) is 16.5. The maximum atomic E-state index is 13.5. The molecule has 8 nitrogen and oxygen atoms in total. The van der Waals surface area contributed by atoms with Gasteiger partial charge < -0.3 is 19.8 Å². The highest BCUT2D eigenvalue weighted by atomic mass is 32.2. The number of thioether (sulfide) groups is 2. The molecule has 0 saturated carbocycles. The van der Waals surface area contributed by atoms with Crippen LogP contribution in [-0.2, 0) is 13.6 Å². The van der Waals surface area contributed by atoms with Crippen LogP contribution in [0.5, 0.6) is 0 Å². The van der Waals surface area contributed by atoms with E-state index in [-0.39, 0.29) is 19.8 Å². The van der Waals surface area contributed by atoms with Gasteiger partial charge in [0.1, 0.15) is 6.54 Å². The first-order valence-electron chi connectivity index (χ1n) is 17.3. The van der Waals surface area contributed by atoms with Gasteiger partial charge in [0.25, 0.3) is 0 Å². The Labute approximate surface area is 274 Å². The Hall–Kier alpha value is 0.650. The molecule has 0 saturated heterocycles. The van der Waals surface area contributed by atoms with E-state index < -0.39 is 7.75 Å². The topological polar surface area (TPSA) is 108 Å². The molecular weight excluding hydrogens is 603 g/mol. The van der Waals surface area contributed by atoms with Gasteiger partial charge >= 0.3 is 7.75 Å². The third-order valence-electron chi connectivity index (χ3n) is 7.59. The maximum absolute atomic E-state index is 13.5. The zero-order chi connectivity index (χ0) is 31.7. The molecule has 0 aliphatic heterocycles. The Morgan fingerprint density at radius 2 is 0.907 bits per heavy atom. The van der Waals surface area contributed by atoms with Crippen molar-refractivity contribution in [2.24, 2.45) is 0 Å². The third-order valence-corrected chi connectivity index (χ3v) is 11.3. The molecule has 0 aromatic carbocycles. The minimum absolute atomic E-state index is 0.132. The van der Waals surface area contributed by atoms with E-state index >= 15 is 0 Å². The number of aliphatic hydroxyl groups is 3. The summed E-state index contributed by atoms with van der Waals surface area (Å²) in [6.45, 7) is 3.51. The number of nitrogens with one attached hydrogen (secondary N) is 1. The molecule has 0 bridgehead atoms. The highest BCUT2D eigenvalue weighted by molar-refractivity contribution is 7.99. The van der Waals surface area contributed by atoms with Crippen LogP contribution in [0.4, 0.5) is 0 Å². The predicted octanol–water partition coefficient (Wildman–Crippen LogP) is 7.26. The first-order chi connectivity index (χ1) is 20.9. The van der Waals surface area contributed by atoms with Gasteiger partial charge in [-0.2, -0.15) is 23.5 Å². The number of likely N-dealkylation sites (N-methyl/N-ethyl adjacent to an activating group) is 1. The summed E-state index contributed by atoms with van der Waals surface area (Å²) in [5.74, 6) is 4.05. The Morgan fingerprint density at radius 1 is 0.535 bits per heavy atom. The van der Waals surface area contributed by atoms with E-state index in [0.29, 0.717) is 30.8 Å². The van der Waals surface area contributed by atoms with E-state index in [1.165, 1.54) is 89.9 Å². The minimum Gasteiger partial charge on any atom is -0.396 e. The molecule has 0 spiro atoms. The van der Waals surface area contributed by atoms with E-state index in [2.05, 4.69) is 19.2 Å². The molecule has 11 heteroatoms. The van der Waals surface area contributed by atoms with E-state index in [4.69, 9.17) is 19.3 Å². The van der Waals surface area contributed by atoms with Crippen LogP contribution in [0, 0.1) is 0 Å². The summed E-state index contributed by atoms with van der Waals surface area (Å²) >= 11 is 3.69. The van der Waals surface area contributed by atoms with Gasteiger partial charge in [0, 0.05) is 11.5 Å². The normalized spacial score (nSPS) is 12.4. The van der Waals surface area contributed by atoms with Gasteiger partial charge in [0.2, 0.25) is 0 Å². The van der Waals surface area contributed by atoms with Crippen LogP contribution in [-0.4, -0.2) is 110 Å². The lowest BCUT2D eigenvalue weighted by molar-refractivity contribution is -0.889. The molecule has 0 radical (unpaired) electrons. The quantitative estimate of drug-likeness (QED) is 0.0311. The van der Waals surface area contributed by atoms with Gasteiger partial charge in [-0.3, -0.25) is 9.05 Å². The fourth-order valence-corrected chi connectivity index (χ4v) is 7.64. The van der Waals surface area contributed by atoms with Crippen molar-refractivity contribution in [3.8, 4) is 0 Å². The smallest absolute Gasteiger partial charge is 0.396 e. The molecule has 0 aliphatic rings. The second-order valence-electron chi connectivity index (χ2n) is 12.2. The lowest BCUT2D eigenvalue weighted by Crippen LogP contribution is -2.46. The Bertz CT molecular complexity index is 586.